The number of hydrogen-bond donors (Lipinski definition) is 2. The Morgan fingerprint density at radius 2 is 0.924 bits per heavy atom. The standard InChI is InChI=1S/C58H60Cl2N4O2/c1-9-37-31(5)53-49-41-25-17-13-21-35(41)23-15-19-27-43-51(59)58(66)44(52(60)57(43)65)28-20-16-24-36-22-14-18-26-42(36)50(55-32(6)38(10-2)46(62-55)29-45(37)61-53)56-34(8)40(12-4)48(64-56)30-47-39(11-3)33(7)54(49)63-47/h13-14,17-18,21-22,25-26,29-30,61,63H,9-12,15-16,19-20,23-24,27-28H2,1-8H3. The number of carbonyl (C=O) groups excluding carboxylic acids is 2. The summed E-state index contributed by atoms with van der Waals surface area (Å²) in [7, 11) is 0. The van der Waals surface area contributed by atoms with E-state index in [9.17, 15) is 9.59 Å². The van der Waals surface area contributed by atoms with Crippen molar-refractivity contribution in [2.45, 2.75) is 132 Å². The number of carbonyl (C=O) groups is 2. The number of rotatable bonds is 4. The summed E-state index contributed by atoms with van der Waals surface area (Å²) in [5.74, 6) is -0.635. The molecule has 12 rings (SSSR count). The third kappa shape index (κ3) is 7.68. The van der Waals surface area contributed by atoms with Gasteiger partial charge in [0.05, 0.1) is 43.9 Å². The van der Waals surface area contributed by atoms with Gasteiger partial charge < -0.3 is 9.97 Å². The average Bonchev–Trinajstić information content (AvgIpc) is 4.01. The molecule has 5 aromatic rings. The lowest BCUT2D eigenvalue weighted by molar-refractivity contribution is -0.116. The molecule has 0 atom stereocenters. The highest BCUT2D eigenvalue weighted by Crippen LogP contribution is 2.46. The molecule has 2 aromatic carbocycles. The third-order valence-corrected chi connectivity index (χ3v) is 15.6. The van der Waals surface area contributed by atoms with Crippen molar-refractivity contribution in [2.75, 3.05) is 0 Å². The molecular weight excluding hydrogens is 856 g/mol. The number of nitrogens with one attached hydrogen (secondary N) is 2. The fraction of sp³-hybridized carbons (Fsp3) is 0.345. The topological polar surface area (TPSA) is 91.5 Å². The first-order chi connectivity index (χ1) is 31.9. The number of hydrogen-bond acceptors (Lipinski definition) is 4. The van der Waals surface area contributed by atoms with Crippen molar-refractivity contribution < 1.29 is 9.59 Å². The van der Waals surface area contributed by atoms with Crippen LogP contribution in [0.3, 0.4) is 0 Å². The molecule has 0 saturated heterocycles. The lowest BCUT2D eigenvalue weighted by Gasteiger charge is -2.19. The van der Waals surface area contributed by atoms with Gasteiger partial charge >= 0.3 is 0 Å². The van der Waals surface area contributed by atoms with E-state index in [1.807, 2.05) is 0 Å². The van der Waals surface area contributed by atoms with Crippen molar-refractivity contribution in [3.05, 3.63) is 138 Å². The van der Waals surface area contributed by atoms with E-state index < -0.39 is 0 Å². The van der Waals surface area contributed by atoms with Gasteiger partial charge in [0.1, 0.15) is 0 Å². The molecule has 6 nitrogen and oxygen atoms in total. The van der Waals surface area contributed by atoms with E-state index >= 15 is 0 Å². The minimum absolute atomic E-state index is 0.0181. The van der Waals surface area contributed by atoms with Crippen molar-refractivity contribution in [3.63, 3.8) is 0 Å². The fourth-order valence-corrected chi connectivity index (χ4v) is 11.8. The first kappa shape index (κ1) is 45.6. The molecule has 8 heteroatoms. The second-order valence-electron chi connectivity index (χ2n) is 18.4. The first-order valence-electron chi connectivity index (χ1n) is 24.1. The van der Waals surface area contributed by atoms with Gasteiger partial charge in [-0.15, -0.1) is 0 Å². The zero-order valence-corrected chi connectivity index (χ0v) is 41.2. The first-order valence-corrected chi connectivity index (χ1v) is 24.9. The van der Waals surface area contributed by atoms with Crippen LogP contribution in [0.25, 0.3) is 66.6 Å². The van der Waals surface area contributed by atoms with Crippen LogP contribution in [0.4, 0.5) is 0 Å². The van der Waals surface area contributed by atoms with Gasteiger partial charge in [0, 0.05) is 33.3 Å². The number of benzene rings is 2. The van der Waals surface area contributed by atoms with Crippen molar-refractivity contribution in [3.8, 4) is 22.3 Å². The third-order valence-electron chi connectivity index (χ3n) is 14.8. The Morgan fingerprint density at radius 3 is 1.33 bits per heavy atom. The smallest absolute Gasteiger partial charge is 0.202 e. The van der Waals surface area contributed by atoms with Crippen LogP contribution >= 0.6 is 23.2 Å². The number of aryl methyl sites for hydroxylation is 6. The van der Waals surface area contributed by atoms with E-state index in [4.69, 9.17) is 33.2 Å². The maximum Gasteiger partial charge on any atom is 0.202 e. The van der Waals surface area contributed by atoms with E-state index in [1.165, 1.54) is 44.5 Å². The van der Waals surface area contributed by atoms with E-state index in [0.29, 0.717) is 36.8 Å². The molecule has 6 aliphatic heterocycles. The number of halogens is 2. The maximum absolute atomic E-state index is 13.8. The van der Waals surface area contributed by atoms with Crippen LogP contribution in [-0.2, 0) is 35.3 Å². The second-order valence-corrected chi connectivity index (χ2v) is 19.1. The Labute approximate surface area is 399 Å². The molecule has 0 radical (unpaired) electrons. The lowest BCUT2D eigenvalue weighted by Crippen LogP contribution is -2.20. The zero-order valence-electron chi connectivity index (χ0n) is 39.7. The highest BCUT2D eigenvalue weighted by Gasteiger charge is 2.33. The van der Waals surface area contributed by atoms with Crippen LogP contribution in [-0.4, -0.2) is 31.5 Å². The van der Waals surface area contributed by atoms with Crippen LogP contribution in [0.2, 0.25) is 0 Å². The monoisotopic (exact) mass is 914 g/mol. The summed E-state index contributed by atoms with van der Waals surface area (Å²) in [4.78, 5) is 47.1. The normalized spacial score (nSPS) is 16.2. The van der Waals surface area contributed by atoms with Gasteiger partial charge in [0.2, 0.25) is 11.6 Å². The Kier molecular flexibility index (Phi) is 12.9. The largest absolute Gasteiger partial charge is 0.354 e. The molecule has 66 heavy (non-hydrogen) atoms. The Bertz CT molecular complexity index is 3060. The van der Waals surface area contributed by atoms with Gasteiger partial charge in [-0.1, -0.05) is 99.4 Å². The van der Waals surface area contributed by atoms with E-state index in [0.717, 1.165) is 130 Å². The van der Waals surface area contributed by atoms with Crippen molar-refractivity contribution in [1.29, 1.82) is 0 Å². The molecule has 0 fully saturated rings. The summed E-state index contributed by atoms with van der Waals surface area (Å²) in [6.07, 6.45) is 8.54. The number of aromatic nitrogens is 4. The van der Waals surface area contributed by atoms with Gasteiger partial charge in [0.15, 0.2) is 0 Å². The molecule has 12 bridgehead atoms. The maximum atomic E-state index is 13.8. The van der Waals surface area contributed by atoms with Crippen LogP contribution in [0, 0.1) is 13.8 Å². The minimum Gasteiger partial charge on any atom is -0.354 e. The predicted octanol–water partition coefficient (Wildman–Crippen LogP) is 15.6. The SMILES string of the molecule is CCC1=C(C)c2nc1cc1[nH]c(c(C)c1CC)c1c3[nH]c(cc4nc(c2-c2ccccc2CCCCC2=C(Cl)C(=O)C(=C(Cl)C2=O)CCCCc2ccccc2-1)C(C)=C4CC)c(CC)c3C. The number of ketones is 2. The van der Waals surface area contributed by atoms with Crippen molar-refractivity contribution in [2.24, 2.45) is 0 Å². The number of aromatic amines is 2. The molecule has 2 N–H and O–H groups in total. The molecule has 3 aromatic heterocycles. The Hall–Kier alpha value is -5.56. The molecule has 9 heterocycles. The fourth-order valence-electron chi connectivity index (χ4n) is 11.2. The Balaban J connectivity index is 1.44. The molecule has 0 unspecified atom stereocenters. The summed E-state index contributed by atoms with van der Waals surface area (Å²) >= 11 is 13.6. The van der Waals surface area contributed by atoms with Gasteiger partial charge in [0.25, 0.3) is 0 Å². The number of H-pyrrole nitrogens is 2. The quantitative estimate of drug-likeness (QED) is 0.176. The van der Waals surface area contributed by atoms with Crippen molar-refractivity contribution >= 4 is 79.1 Å². The highest BCUT2D eigenvalue weighted by molar-refractivity contribution is 6.56. The van der Waals surface area contributed by atoms with Gasteiger partial charge in [-0.3, -0.25) is 9.59 Å². The summed E-state index contributed by atoms with van der Waals surface area (Å²) in [5.41, 5.74) is 25.4. The molecule has 338 valence electrons. The second kappa shape index (κ2) is 18.6. The Morgan fingerprint density at radius 1 is 0.530 bits per heavy atom. The van der Waals surface area contributed by atoms with Gasteiger partial charge in [-0.2, -0.15) is 0 Å². The number of allylic oxidation sites excluding steroid dienone is 8. The van der Waals surface area contributed by atoms with E-state index in [1.54, 1.807) is 0 Å². The zero-order chi connectivity index (χ0) is 46.6. The predicted molar refractivity (Wildman–Crippen MR) is 277 cm³/mol. The molecule has 0 amide bonds. The van der Waals surface area contributed by atoms with E-state index in [2.05, 4.69) is 126 Å². The van der Waals surface area contributed by atoms with Crippen molar-refractivity contribution in [1.82, 2.24) is 19.9 Å². The summed E-state index contributed by atoms with van der Waals surface area (Å²) in [6.45, 7) is 17.9. The molecule has 0 saturated carbocycles. The summed E-state index contributed by atoms with van der Waals surface area (Å²) in [5, 5.41) is 0.0375. The van der Waals surface area contributed by atoms with Crippen LogP contribution in [0.1, 0.15) is 149 Å². The van der Waals surface area contributed by atoms with Crippen LogP contribution < -0.4 is 0 Å². The average molecular weight is 916 g/mol. The number of Topliss-reactive ketones (excluding diaryl/α,β-unsaturated/α-hetero) is 2. The molecule has 0 spiro atoms. The van der Waals surface area contributed by atoms with Gasteiger partial charge in [-0.05, 0) is 184 Å². The van der Waals surface area contributed by atoms with Crippen LogP contribution in [0.5, 0.6) is 0 Å². The lowest BCUT2D eigenvalue weighted by atomic mass is 9.88. The molecule has 7 aliphatic rings. The molecule has 1 aliphatic carbocycles. The molecular formula is C58H60Cl2N4O2. The van der Waals surface area contributed by atoms with E-state index in [-0.39, 0.29) is 21.6 Å². The highest BCUT2D eigenvalue weighted by atomic mass is 35.5. The summed E-state index contributed by atoms with van der Waals surface area (Å²) in [6, 6.07) is 22.0. The van der Waals surface area contributed by atoms with Gasteiger partial charge in [-0.25, -0.2) is 9.97 Å². The number of nitrogens with zero attached hydrogens (tertiary/aromatic N) is 2. The summed E-state index contributed by atoms with van der Waals surface area (Å²) < 4.78 is 0. The minimum atomic E-state index is -0.318. The van der Waals surface area contributed by atoms with Crippen LogP contribution in [0.15, 0.2) is 81.9 Å².